The van der Waals surface area contributed by atoms with E-state index in [9.17, 15) is 0 Å². The topological polar surface area (TPSA) is 69.6 Å². The van der Waals surface area contributed by atoms with E-state index in [4.69, 9.17) is 0 Å². The minimum absolute atomic E-state index is 0.482. The molecule has 1 fully saturated rings. The molecule has 8 nitrogen and oxygen atoms in total. The third kappa shape index (κ3) is 3.29. The van der Waals surface area contributed by atoms with Crippen LogP contribution in [0.25, 0.3) is 0 Å². The zero-order chi connectivity index (χ0) is 18.1. The van der Waals surface area contributed by atoms with Crippen molar-refractivity contribution in [3.05, 3.63) is 47.8 Å². The van der Waals surface area contributed by atoms with Crippen molar-refractivity contribution in [2.75, 3.05) is 13.1 Å². The number of aryl methyl sites for hydroxylation is 1. The summed E-state index contributed by atoms with van der Waals surface area (Å²) in [6.45, 7) is 6.00. The highest BCUT2D eigenvalue weighted by Crippen LogP contribution is 2.28. The van der Waals surface area contributed by atoms with Gasteiger partial charge in [-0.1, -0.05) is 0 Å². The molecule has 0 radical (unpaired) electrons. The summed E-state index contributed by atoms with van der Waals surface area (Å²) in [6, 6.07) is 0. The molecule has 0 atom stereocenters. The minimum Gasteiger partial charge on any atom is -0.330 e. The van der Waals surface area contributed by atoms with Crippen LogP contribution in [-0.4, -0.2) is 52.1 Å². The first-order chi connectivity index (χ1) is 12.6. The lowest BCUT2D eigenvalue weighted by Gasteiger charge is -2.31. The molecule has 0 saturated carbocycles. The Morgan fingerprint density at radius 2 is 1.92 bits per heavy atom. The second-order valence-corrected chi connectivity index (χ2v) is 7.20. The Kier molecular flexibility index (Phi) is 4.58. The molecule has 3 aromatic rings. The van der Waals surface area contributed by atoms with Crippen LogP contribution in [0.2, 0.25) is 0 Å². The molecule has 3 aromatic heterocycles. The Balaban J connectivity index is 1.37. The van der Waals surface area contributed by atoms with Crippen molar-refractivity contribution < 1.29 is 0 Å². The summed E-state index contributed by atoms with van der Waals surface area (Å²) in [5, 5.41) is 13.3. The molecular weight excluding hydrogens is 328 g/mol. The quantitative estimate of drug-likeness (QED) is 0.694. The predicted molar refractivity (Wildman–Crippen MR) is 97.5 cm³/mol. The van der Waals surface area contributed by atoms with E-state index >= 15 is 0 Å². The number of nitrogens with zero attached hydrogens (tertiary/aromatic N) is 8. The van der Waals surface area contributed by atoms with Crippen LogP contribution in [0.3, 0.4) is 0 Å². The highest BCUT2D eigenvalue weighted by atomic mass is 15.3. The lowest BCUT2D eigenvalue weighted by Crippen LogP contribution is -2.33. The fourth-order valence-corrected chi connectivity index (χ4v) is 3.70. The average molecular weight is 354 g/mol. The Bertz CT molecular complexity index is 852. The lowest BCUT2D eigenvalue weighted by atomic mass is 9.95. The molecule has 1 aliphatic heterocycles. The molecule has 0 aromatic carbocycles. The number of piperidine rings is 1. The largest absolute Gasteiger partial charge is 0.330 e. The van der Waals surface area contributed by atoms with Gasteiger partial charge in [0.2, 0.25) is 0 Å². The van der Waals surface area contributed by atoms with E-state index < -0.39 is 0 Å². The summed E-state index contributed by atoms with van der Waals surface area (Å²) < 4.78 is 6.13. The van der Waals surface area contributed by atoms with E-state index in [0.29, 0.717) is 12.5 Å². The number of imidazole rings is 1. The first kappa shape index (κ1) is 17.0. The van der Waals surface area contributed by atoms with Gasteiger partial charge in [-0.15, -0.1) is 10.2 Å². The minimum atomic E-state index is 0.482. The van der Waals surface area contributed by atoms with E-state index in [1.807, 2.05) is 35.0 Å². The summed E-state index contributed by atoms with van der Waals surface area (Å²) in [5.74, 6) is 2.57. The van der Waals surface area contributed by atoms with Crippen LogP contribution < -0.4 is 0 Å². The summed E-state index contributed by atoms with van der Waals surface area (Å²) >= 11 is 0. The molecule has 0 aliphatic carbocycles. The molecule has 0 amide bonds. The highest BCUT2D eigenvalue weighted by Gasteiger charge is 2.25. The smallest absolute Gasteiger partial charge is 0.152 e. The molecule has 0 N–H and O–H groups in total. The van der Waals surface area contributed by atoms with Gasteiger partial charge in [-0.2, -0.15) is 5.10 Å². The highest BCUT2D eigenvalue weighted by molar-refractivity contribution is 5.16. The third-order valence-corrected chi connectivity index (χ3v) is 5.57. The Hall–Kier alpha value is -2.48. The van der Waals surface area contributed by atoms with E-state index in [1.54, 1.807) is 6.20 Å². The number of aromatic nitrogens is 7. The molecule has 8 heteroatoms. The molecule has 0 spiro atoms. The maximum absolute atomic E-state index is 4.49. The van der Waals surface area contributed by atoms with Crippen molar-refractivity contribution in [2.24, 2.45) is 14.1 Å². The van der Waals surface area contributed by atoms with E-state index in [1.165, 1.54) is 11.3 Å². The van der Waals surface area contributed by atoms with Crippen LogP contribution in [0.4, 0.5) is 0 Å². The zero-order valence-electron chi connectivity index (χ0n) is 15.7. The summed E-state index contributed by atoms with van der Waals surface area (Å²) in [4.78, 5) is 6.61. The molecule has 4 rings (SSSR count). The van der Waals surface area contributed by atoms with Crippen LogP contribution in [0.15, 0.2) is 24.9 Å². The maximum Gasteiger partial charge on any atom is 0.152 e. The van der Waals surface area contributed by atoms with Crippen molar-refractivity contribution in [1.82, 2.24) is 39.0 Å². The fraction of sp³-hybridized carbons (Fsp3) is 0.556. The van der Waals surface area contributed by atoms with Gasteiger partial charge in [0.15, 0.2) is 5.82 Å². The van der Waals surface area contributed by atoms with Crippen molar-refractivity contribution in [1.29, 1.82) is 0 Å². The van der Waals surface area contributed by atoms with Crippen molar-refractivity contribution >= 4 is 0 Å². The molecule has 4 heterocycles. The summed E-state index contributed by atoms with van der Waals surface area (Å²) in [6.07, 6.45) is 9.79. The van der Waals surface area contributed by atoms with Gasteiger partial charge in [0.05, 0.1) is 19.1 Å². The van der Waals surface area contributed by atoms with E-state index in [2.05, 4.69) is 43.7 Å². The molecule has 1 aliphatic rings. The van der Waals surface area contributed by atoms with Gasteiger partial charge < -0.3 is 9.13 Å². The normalized spacial score (nSPS) is 16.4. The van der Waals surface area contributed by atoms with Gasteiger partial charge in [0.1, 0.15) is 5.82 Å². The van der Waals surface area contributed by atoms with Gasteiger partial charge in [-0.25, -0.2) is 4.98 Å². The summed E-state index contributed by atoms with van der Waals surface area (Å²) in [7, 11) is 4.08. The fourth-order valence-electron chi connectivity index (χ4n) is 3.70. The molecule has 0 bridgehead atoms. The first-order valence-electron chi connectivity index (χ1n) is 9.15. The van der Waals surface area contributed by atoms with Crippen LogP contribution in [0, 0.1) is 6.92 Å². The number of hydrogen-bond donors (Lipinski definition) is 0. The van der Waals surface area contributed by atoms with Crippen molar-refractivity contribution in [2.45, 2.75) is 38.8 Å². The number of rotatable bonds is 5. The molecule has 0 unspecified atom stereocenters. The first-order valence-corrected chi connectivity index (χ1v) is 9.15. The van der Waals surface area contributed by atoms with Crippen molar-refractivity contribution in [3.8, 4) is 0 Å². The van der Waals surface area contributed by atoms with Gasteiger partial charge in [0.25, 0.3) is 0 Å². The van der Waals surface area contributed by atoms with Crippen LogP contribution >= 0.6 is 0 Å². The predicted octanol–water partition coefficient (Wildman–Crippen LogP) is 1.48. The molecule has 138 valence electrons. The number of hydrogen-bond acceptors (Lipinski definition) is 5. The van der Waals surface area contributed by atoms with Crippen molar-refractivity contribution in [3.63, 3.8) is 0 Å². The van der Waals surface area contributed by atoms with Gasteiger partial charge >= 0.3 is 0 Å². The second kappa shape index (κ2) is 7.03. The third-order valence-electron chi connectivity index (χ3n) is 5.57. The molecular formula is C18H26N8. The zero-order valence-corrected chi connectivity index (χ0v) is 15.7. The Morgan fingerprint density at radius 1 is 1.12 bits per heavy atom. The Labute approximate surface area is 153 Å². The van der Waals surface area contributed by atoms with Crippen LogP contribution in [0.5, 0.6) is 0 Å². The van der Waals surface area contributed by atoms with E-state index in [-0.39, 0.29) is 0 Å². The SMILES string of the molecule is Cc1c(CN2CCC(c3nnc(Cn4ccnc4)n3C)CC2)cnn1C. The number of likely N-dealkylation sites (tertiary alicyclic amines) is 1. The van der Waals surface area contributed by atoms with Gasteiger partial charge in [-0.3, -0.25) is 9.58 Å². The summed E-state index contributed by atoms with van der Waals surface area (Å²) in [5.41, 5.74) is 2.58. The van der Waals surface area contributed by atoms with Crippen LogP contribution in [-0.2, 0) is 27.2 Å². The van der Waals surface area contributed by atoms with E-state index in [0.717, 1.165) is 44.1 Å². The lowest BCUT2D eigenvalue weighted by molar-refractivity contribution is 0.200. The second-order valence-electron chi connectivity index (χ2n) is 7.20. The standard InChI is InChI=1S/C18H26N8/c1-14-16(10-20-24(14)3)11-25-7-4-15(5-8-25)18-22-21-17(23(18)2)12-26-9-6-19-13-26/h6,9-10,13,15H,4-5,7-8,11-12H2,1-3H3. The van der Waals surface area contributed by atoms with Gasteiger partial charge in [0, 0.05) is 50.2 Å². The molecule has 1 saturated heterocycles. The maximum atomic E-state index is 4.49. The monoisotopic (exact) mass is 354 g/mol. The van der Waals surface area contributed by atoms with Gasteiger partial charge in [-0.05, 0) is 32.9 Å². The van der Waals surface area contributed by atoms with Crippen LogP contribution in [0.1, 0.15) is 41.7 Å². The molecule has 26 heavy (non-hydrogen) atoms. The average Bonchev–Trinajstić information content (AvgIpc) is 3.36. The Morgan fingerprint density at radius 3 is 2.58 bits per heavy atom.